The summed E-state index contributed by atoms with van der Waals surface area (Å²) in [6, 6.07) is 16.8. The maximum absolute atomic E-state index is 13.7. The highest BCUT2D eigenvalue weighted by atomic mass is 32.2. The van der Waals surface area contributed by atoms with Gasteiger partial charge in [0, 0.05) is 31.6 Å². The Kier molecular flexibility index (Phi) is 8.70. The van der Waals surface area contributed by atoms with E-state index < -0.39 is 28.1 Å². The van der Waals surface area contributed by atoms with E-state index in [0.717, 1.165) is 0 Å². The molecular weight excluding hydrogens is 523 g/mol. The van der Waals surface area contributed by atoms with Crippen molar-refractivity contribution in [1.82, 2.24) is 9.21 Å². The first-order chi connectivity index (χ1) is 18.5. The Hall–Kier alpha value is -3.31. The highest BCUT2D eigenvalue weighted by molar-refractivity contribution is 7.89. The van der Waals surface area contributed by atoms with Crippen molar-refractivity contribution in [3.05, 3.63) is 83.7 Å². The van der Waals surface area contributed by atoms with Gasteiger partial charge >= 0.3 is 5.97 Å². The van der Waals surface area contributed by atoms with E-state index in [-0.39, 0.29) is 41.1 Å². The Labute approximate surface area is 228 Å². The number of rotatable bonds is 8. The summed E-state index contributed by atoms with van der Waals surface area (Å²) in [4.78, 5) is 13.6. The third-order valence-electron chi connectivity index (χ3n) is 7.02. The molecule has 3 aromatic carbocycles. The Bertz CT molecular complexity index is 1430. The van der Waals surface area contributed by atoms with E-state index in [0.29, 0.717) is 29.8 Å². The normalized spacial score (nSPS) is 19.9. The molecule has 10 heteroatoms. The molecule has 39 heavy (non-hydrogen) atoms. The van der Waals surface area contributed by atoms with Gasteiger partial charge in [-0.3, -0.25) is 4.90 Å². The van der Waals surface area contributed by atoms with Crippen LogP contribution in [0.5, 0.6) is 5.75 Å². The Morgan fingerprint density at radius 2 is 1.79 bits per heavy atom. The quantitative estimate of drug-likeness (QED) is 0.430. The summed E-state index contributed by atoms with van der Waals surface area (Å²) in [7, 11) is -2.14. The smallest absolute Gasteiger partial charge is 0.336 e. The van der Waals surface area contributed by atoms with Crippen LogP contribution in [0.15, 0.2) is 71.6 Å². The Morgan fingerprint density at radius 1 is 1.13 bits per heavy atom. The predicted molar refractivity (Wildman–Crippen MR) is 146 cm³/mol. The molecule has 0 amide bonds. The van der Waals surface area contributed by atoms with E-state index in [9.17, 15) is 27.8 Å². The molecule has 1 heterocycles. The number of ether oxygens (including phenoxy) is 1. The van der Waals surface area contributed by atoms with Gasteiger partial charge in [-0.1, -0.05) is 43.3 Å². The zero-order valence-electron chi connectivity index (χ0n) is 22.1. The third-order valence-corrected chi connectivity index (χ3v) is 9.04. The number of carboxylic acid groups (broad SMARTS) is 1. The molecule has 0 radical (unpaired) electrons. The van der Waals surface area contributed by atoms with E-state index >= 15 is 0 Å². The lowest BCUT2D eigenvalue weighted by atomic mass is 10.0. The van der Waals surface area contributed by atoms with Gasteiger partial charge in [-0.05, 0) is 61.0 Å². The van der Waals surface area contributed by atoms with Gasteiger partial charge in [0.2, 0.25) is 10.0 Å². The van der Waals surface area contributed by atoms with Gasteiger partial charge in [0.05, 0.1) is 12.2 Å². The topological polar surface area (TPSA) is 107 Å². The second kappa shape index (κ2) is 11.8. The molecule has 0 fully saturated rings. The highest BCUT2D eigenvalue weighted by Crippen LogP contribution is 2.36. The molecule has 0 saturated heterocycles. The number of halogens is 1. The number of fused-ring (bicyclic) bond motifs is 1. The molecule has 4 rings (SSSR count). The van der Waals surface area contributed by atoms with E-state index in [1.165, 1.54) is 22.5 Å². The number of carbonyl (C=O) groups is 1. The molecule has 0 spiro atoms. The van der Waals surface area contributed by atoms with Crippen LogP contribution in [0, 0.1) is 11.7 Å². The molecule has 2 N–H and O–H groups in total. The number of aliphatic hydroxyl groups is 1. The largest absolute Gasteiger partial charge is 0.487 e. The maximum atomic E-state index is 13.7. The zero-order valence-corrected chi connectivity index (χ0v) is 22.9. The molecule has 0 unspecified atom stereocenters. The molecule has 8 nitrogen and oxygen atoms in total. The number of hydrogen-bond acceptors (Lipinski definition) is 6. The van der Waals surface area contributed by atoms with Crippen LogP contribution in [-0.2, 0) is 16.6 Å². The average molecular weight is 557 g/mol. The van der Waals surface area contributed by atoms with Crippen LogP contribution in [0.25, 0.3) is 11.1 Å². The number of aliphatic hydroxyl groups excluding tert-OH is 1. The number of aromatic carboxylic acids is 1. The van der Waals surface area contributed by atoms with Gasteiger partial charge in [0.15, 0.2) is 0 Å². The first-order valence-corrected chi connectivity index (χ1v) is 14.1. The van der Waals surface area contributed by atoms with Gasteiger partial charge < -0.3 is 14.9 Å². The van der Waals surface area contributed by atoms with Crippen LogP contribution in [0.4, 0.5) is 4.39 Å². The standard InChI is InChI=1S/C29H33FN2O6S/c1-19-15-32(20(2)18-33)39(36,37)28-13-10-22(21-8-11-24(30)12-9-21)14-26(28)38-27(19)17-31(3)16-23-6-4-5-7-25(23)29(34)35/h4-14,19-20,27,33H,15-18H2,1-3H3,(H,34,35)/t19-,20+,27-/m0/s1. The summed E-state index contributed by atoms with van der Waals surface area (Å²) in [6.07, 6.45) is -0.460. The van der Waals surface area contributed by atoms with Crippen molar-refractivity contribution >= 4 is 16.0 Å². The fraction of sp³-hybridized carbons (Fsp3) is 0.345. The van der Waals surface area contributed by atoms with E-state index in [2.05, 4.69) is 0 Å². The SMILES string of the molecule is C[C@H](CO)N1C[C@H](C)[C@H](CN(C)Cc2ccccc2C(=O)O)Oc2cc(-c3ccc(F)cc3)ccc2S1(=O)=O. The van der Waals surface area contributed by atoms with Gasteiger partial charge in [-0.15, -0.1) is 0 Å². The minimum atomic E-state index is -4.00. The van der Waals surface area contributed by atoms with Crippen molar-refractivity contribution in [3.8, 4) is 16.9 Å². The number of benzene rings is 3. The summed E-state index contributed by atoms with van der Waals surface area (Å²) in [5.41, 5.74) is 2.25. The first-order valence-electron chi connectivity index (χ1n) is 12.7. The zero-order chi connectivity index (χ0) is 28.3. The highest BCUT2D eigenvalue weighted by Gasteiger charge is 2.38. The Balaban J connectivity index is 1.71. The lowest BCUT2D eigenvalue weighted by molar-refractivity contribution is 0.0686. The average Bonchev–Trinajstić information content (AvgIpc) is 2.90. The summed E-state index contributed by atoms with van der Waals surface area (Å²) >= 11 is 0. The van der Waals surface area contributed by atoms with E-state index in [1.807, 2.05) is 18.9 Å². The molecule has 1 aliphatic rings. The third kappa shape index (κ3) is 6.30. The fourth-order valence-corrected chi connectivity index (χ4v) is 6.62. The van der Waals surface area contributed by atoms with E-state index in [1.54, 1.807) is 55.5 Å². The summed E-state index contributed by atoms with van der Waals surface area (Å²) in [5, 5.41) is 19.4. The number of sulfonamides is 1. The summed E-state index contributed by atoms with van der Waals surface area (Å²) in [5.74, 6) is -1.48. The van der Waals surface area contributed by atoms with Crippen LogP contribution < -0.4 is 4.74 Å². The van der Waals surface area contributed by atoms with Gasteiger partial charge in [0.25, 0.3) is 0 Å². The maximum Gasteiger partial charge on any atom is 0.336 e. The molecule has 208 valence electrons. The number of nitrogens with zero attached hydrogens (tertiary/aromatic N) is 2. The molecular formula is C29H33FN2O6S. The van der Waals surface area contributed by atoms with Gasteiger partial charge in [-0.2, -0.15) is 4.31 Å². The summed E-state index contributed by atoms with van der Waals surface area (Å²) < 4.78 is 48.6. The lowest BCUT2D eigenvalue weighted by Gasteiger charge is -2.37. The molecule has 0 aliphatic carbocycles. The second-order valence-corrected chi connectivity index (χ2v) is 11.9. The van der Waals surface area contributed by atoms with Gasteiger partial charge in [-0.25, -0.2) is 17.6 Å². The fourth-order valence-electron chi connectivity index (χ4n) is 4.79. The van der Waals surface area contributed by atoms with Crippen molar-refractivity contribution in [2.24, 2.45) is 5.92 Å². The predicted octanol–water partition coefficient (Wildman–Crippen LogP) is 4.09. The Morgan fingerprint density at radius 3 is 2.46 bits per heavy atom. The molecule has 3 aromatic rings. The van der Waals surface area contributed by atoms with Crippen molar-refractivity contribution < 1.29 is 32.6 Å². The van der Waals surface area contributed by atoms with Crippen LogP contribution in [0.3, 0.4) is 0 Å². The van der Waals surface area contributed by atoms with Crippen LogP contribution in [0.1, 0.15) is 29.8 Å². The second-order valence-electron chi connectivity index (χ2n) is 10.1. The number of hydrogen-bond donors (Lipinski definition) is 2. The van der Waals surface area contributed by atoms with Crippen molar-refractivity contribution in [1.29, 1.82) is 0 Å². The monoisotopic (exact) mass is 556 g/mol. The number of carboxylic acids is 1. The summed E-state index contributed by atoms with van der Waals surface area (Å²) in [6.45, 7) is 4.08. The molecule has 1 aliphatic heterocycles. The van der Waals surface area contributed by atoms with Gasteiger partial charge in [0.1, 0.15) is 22.6 Å². The number of likely N-dealkylation sites (N-methyl/N-ethyl adjacent to an activating group) is 1. The minimum Gasteiger partial charge on any atom is -0.487 e. The minimum absolute atomic E-state index is 0.00978. The lowest BCUT2D eigenvalue weighted by Crippen LogP contribution is -2.49. The van der Waals surface area contributed by atoms with Crippen molar-refractivity contribution in [3.63, 3.8) is 0 Å². The first kappa shape index (κ1) is 28.7. The molecule has 3 atom stereocenters. The molecule has 0 bridgehead atoms. The molecule has 0 aromatic heterocycles. The van der Waals surface area contributed by atoms with Crippen molar-refractivity contribution in [2.75, 3.05) is 26.7 Å². The van der Waals surface area contributed by atoms with E-state index in [4.69, 9.17) is 4.74 Å². The van der Waals surface area contributed by atoms with Crippen LogP contribution in [-0.4, -0.2) is 72.7 Å². The van der Waals surface area contributed by atoms with Crippen molar-refractivity contribution in [2.45, 2.75) is 37.4 Å². The van der Waals surface area contributed by atoms with Crippen LogP contribution in [0.2, 0.25) is 0 Å². The molecule has 0 saturated carbocycles. The van der Waals surface area contributed by atoms with Crippen LogP contribution >= 0.6 is 0 Å².